The molecule has 0 aliphatic carbocycles. The Hall–Kier alpha value is -2.34. The van der Waals surface area contributed by atoms with E-state index in [-0.39, 0.29) is 6.10 Å². The number of rotatable bonds is 3. The molecule has 0 radical (unpaired) electrons. The number of imidazole rings is 1. The number of halogens is 1. The number of H-pyrrole nitrogens is 1. The molecule has 3 aromatic rings. The summed E-state index contributed by atoms with van der Waals surface area (Å²) in [4.78, 5) is 18.0. The number of nitrogens with zero attached hydrogens (tertiary/aromatic N) is 4. The third-order valence-corrected chi connectivity index (χ3v) is 3.98. The summed E-state index contributed by atoms with van der Waals surface area (Å²) >= 11 is 5.99. The van der Waals surface area contributed by atoms with E-state index >= 15 is 0 Å². The van der Waals surface area contributed by atoms with Gasteiger partial charge in [0.2, 0.25) is 0 Å². The van der Waals surface area contributed by atoms with Crippen LogP contribution in [-0.4, -0.2) is 39.1 Å². The largest absolute Gasteiger partial charge is 0.488 e. The molecular weight excluding hydrogens is 302 g/mol. The maximum atomic E-state index is 6.01. The zero-order valence-electron chi connectivity index (χ0n) is 11.7. The second-order valence-electron chi connectivity index (χ2n) is 5.23. The standard InChI is InChI=1S/C15H14ClN5O/c16-10-2-1-3-11(6-10)22-12-4-5-21(7-12)15-13-14(18-8-17-13)19-9-20-15/h1-3,6,8-9,12H,4-5,7H2,(H,17,18,19,20). The van der Waals surface area contributed by atoms with E-state index in [2.05, 4.69) is 24.8 Å². The lowest BCUT2D eigenvalue weighted by Crippen LogP contribution is -2.25. The monoisotopic (exact) mass is 315 g/mol. The number of ether oxygens (including phenoxy) is 1. The quantitative estimate of drug-likeness (QED) is 0.805. The summed E-state index contributed by atoms with van der Waals surface area (Å²) in [6.07, 6.45) is 4.24. The number of aromatic nitrogens is 4. The maximum Gasteiger partial charge on any atom is 0.182 e. The van der Waals surface area contributed by atoms with E-state index in [0.717, 1.165) is 36.6 Å². The number of hydrogen-bond donors (Lipinski definition) is 1. The highest BCUT2D eigenvalue weighted by atomic mass is 35.5. The third kappa shape index (κ3) is 2.46. The summed E-state index contributed by atoms with van der Waals surface area (Å²) < 4.78 is 6.01. The van der Waals surface area contributed by atoms with Crippen LogP contribution in [0.4, 0.5) is 5.82 Å². The van der Waals surface area contributed by atoms with Crippen molar-refractivity contribution in [3.05, 3.63) is 41.9 Å². The van der Waals surface area contributed by atoms with Gasteiger partial charge in [0, 0.05) is 18.0 Å². The summed E-state index contributed by atoms with van der Waals surface area (Å²) in [5.41, 5.74) is 1.55. The predicted molar refractivity (Wildman–Crippen MR) is 84.4 cm³/mol. The zero-order chi connectivity index (χ0) is 14.9. The van der Waals surface area contributed by atoms with Gasteiger partial charge in [-0.25, -0.2) is 15.0 Å². The smallest absolute Gasteiger partial charge is 0.182 e. The summed E-state index contributed by atoms with van der Waals surface area (Å²) in [5.74, 6) is 1.67. The van der Waals surface area contributed by atoms with Gasteiger partial charge in [0.1, 0.15) is 23.7 Å². The first-order valence-electron chi connectivity index (χ1n) is 7.11. The van der Waals surface area contributed by atoms with Crippen LogP contribution in [0.1, 0.15) is 6.42 Å². The fraction of sp³-hybridized carbons (Fsp3) is 0.267. The molecule has 1 aromatic carbocycles. The van der Waals surface area contributed by atoms with Crippen LogP contribution in [-0.2, 0) is 0 Å². The summed E-state index contributed by atoms with van der Waals surface area (Å²) in [7, 11) is 0. The molecule has 1 aliphatic rings. The Labute approximate surface area is 132 Å². The molecule has 1 saturated heterocycles. The average molecular weight is 316 g/mol. The summed E-state index contributed by atoms with van der Waals surface area (Å²) in [6, 6.07) is 7.49. The van der Waals surface area contributed by atoms with E-state index in [4.69, 9.17) is 16.3 Å². The lowest BCUT2D eigenvalue weighted by molar-refractivity contribution is 0.225. The van der Waals surface area contributed by atoms with Gasteiger partial charge in [-0.15, -0.1) is 0 Å². The first-order valence-corrected chi connectivity index (χ1v) is 7.48. The number of aromatic amines is 1. The van der Waals surface area contributed by atoms with Crippen LogP contribution in [0.25, 0.3) is 11.2 Å². The van der Waals surface area contributed by atoms with E-state index in [9.17, 15) is 0 Å². The molecule has 0 bridgehead atoms. The Bertz CT molecular complexity index is 805. The third-order valence-electron chi connectivity index (χ3n) is 3.75. The van der Waals surface area contributed by atoms with Gasteiger partial charge in [-0.3, -0.25) is 0 Å². The second kappa shape index (κ2) is 5.46. The molecular formula is C15H14ClN5O. The molecule has 4 rings (SSSR count). The number of anilines is 1. The molecule has 6 nitrogen and oxygen atoms in total. The highest BCUT2D eigenvalue weighted by Crippen LogP contribution is 2.26. The van der Waals surface area contributed by atoms with E-state index < -0.39 is 0 Å². The lowest BCUT2D eigenvalue weighted by Gasteiger charge is -2.18. The van der Waals surface area contributed by atoms with Crippen molar-refractivity contribution < 1.29 is 4.74 Å². The van der Waals surface area contributed by atoms with Gasteiger partial charge in [-0.2, -0.15) is 0 Å². The van der Waals surface area contributed by atoms with E-state index in [0.29, 0.717) is 10.7 Å². The summed E-state index contributed by atoms with van der Waals surface area (Å²) in [5, 5.41) is 0.683. The fourth-order valence-corrected chi connectivity index (χ4v) is 2.92. The van der Waals surface area contributed by atoms with E-state index in [1.54, 1.807) is 12.7 Å². The van der Waals surface area contributed by atoms with Crippen molar-refractivity contribution in [3.63, 3.8) is 0 Å². The minimum Gasteiger partial charge on any atom is -0.488 e. The normalized spacial score (nSPS) is 18.0. The van der Waals surface area contributed by atoms with Gasteiger partial charge in [-0.05, 0) is 18.2 Å². The molecule has 1 atom stereocenters. The fourth-order valence-electron chi connectivity index (χ4n) is 2.74. The first-order chi connectivity index (χ1) is 10.8. The van der Waals surface area contributed by atoms with Crippen LogP contribution >= 0.6 is 11.6 Å². The molecule has 7 heteroatoms. The van der Waals surface area contributed by atoms with Crippen molar-refractivity contribution in [2.24, 2.45) is 0 Å². The van der Waals surface area contributed by atoms with Gasteiger partial charge in [-0.1, -0.05) is 17.7 Å². The molecule has 1 aliphatic heterocycles. The van der Waals surface area contributed by atoms with Crippen LogP contribution in [0.15, 0.2) is 36.9 Å². The minimum absolute atomic E-state index is 0.117. The SMILES string of the molecule is Clc1cccc(OC2CCN(c3ncnc4nc[nH]c34)C2)c1. The van der Waals surface area contributed by atoms with Crippen molar-refractivity contribution in [1.29, 1.82) is 0 Å². The number of benzene rings is 1. The second-order valence-corrected chi connectivity index (χ2v) is 5.67. The van der Waals surface area contributed by atoms with Gasteiger partial charge >= 0.3 is 0 Å². The minimum atomic E-state index is 0.117. The zero-order valence-corrected chi connectivity index (χ0v) is 12.5. The number of fused-ring (bicyclic) bond motifs is 1. The molecule has 1 fully saturated rings. The van der Waals surface area contributed by atoms with Gasteiger partial charge in [0.15, 0.2) is 11.5 Å². The van der Waals surface area contributed by atoms with Gasteiger partial charge < -0.3 is 14.6 Å². The predicted octanol–water partition coefficient (Wildman–Crippen LogP) is 2.66. The molecule has 2 aromatic heterocycles. The van der Waals surface area contributed by atoms with Gasteiger partial charge in [0.25, 0.3) is 0 Å². The lowest BCUT2D eigenvalue weighted by atomic mass is 10.3. The van der Waals surface area contributed by atoms with Crippen molar-refractivity contribution in [2.45, 2.75) is 12.5 Å². The Morgan fingerprint density at radius 2 is 2.23 bits per heavy atom. The highest BCUT2D eigenvalue weighted by Gasteiger charge is 2.26. The Balaban J connectivity index is 1.51. The highest BCUT2D eigenvalue weighted by molar-refractivity contribution is 6.30. The van der Waals surface area contributed by atoms with Crippen molar-refractivity contribution in [1.82, 2.24) is 19.9 Å². The van der Waals surface area contributed by atoms with Crippen molar-refractivity contribution in [3.8, 4) is 5.75 Å². The van der Waals surface area contributed by atoms with E-state index in [1.807, 2.05) is 24.3 Å². The van der Waals surface area contributed by atoms with Crippen molar-refractivity contribution in [2.75, 3.05) is 18.0 Å². The maximum absolute atomic E-state index is 6.01. The Kier molecular flexibility index (Phi) is 3.31. The number of hydrogen-bond acceptors (Lipinski definition) is 5. The molecule has 22 heavy (non-hydrogen) atoms. The van der Waals surface area contributed by atoms with Crippen LogP contribution < -0.4 is 9.64 Å². The molecule has 0 saturated carbocycles. The molecule has 1 unspecified atom stereocenters. The van der Waals surface area contributed by atoms with Crippen LogP contribution in [0.5, 0.6) is 5.75 Å². The van der Waals surface area contributed by atoms with Crippen molar-refractivity contribution >= 4 is 28.6 Å². The molecule has 1 N–H and O–H groups in total. The topological polar surface area (TPSA) is 66.9 Å². The molecule has 0 amide bonds. The van der Waals surface area contributed by atoms with Crippen LogP contribution in [0.3, 0.4) is 0 Å². The van der Waals surface area contributed by atoms with E-state index in [1.165, 1.54) is 0 Å². The number of nitrogens with one attached hydrogen (secondary N) is 1. The van der Waals surface area contributed by atoms with Crippen LogP contribution in [0, 0.1) is 0 Å². The van der Waals surface area contributed by atoms with Crippen LogP contribution in [0.2, 0.25) is 5.02 Å². The van der Waals surface area contributed by atoms with Gasteiger partial charge in [0.05, 0.1) is 12.9 Å². The molecule has 3 heterocycles. The molecule has 0 spiro atoms. The Morgan fingerprint density at radius 3 is 3.14 bits per heavy atom. The first kappa shape index (κ1) is 13.3. The summed E-state index contributed by atoms with van der Waals surface area (Å²) in [6.45, 7) is 1.66. The average Bonchev–Trinajstić information content (AvgIpc) is 3.15. The Morgan fingerprint density at radius 1 is 1.27 bits per heavy atom. The molecule has 112 valence electrons.